The maximum Gasteiger partial charge on any atom is 0.230 e. The highest BCUT2D eigenvalue weighted by molar-refractivity contribution is 5.97. The minimum Gasteiger partial charge on any atom is -0.497 e. The van der Waals surface area contributed by atoms with E-state index >= 15 is 0 Å². The Balaban J connectivity index is 1.47. The number of hydrogen-bond acceptors (Lipinski definition) is 3. The van der Waals surface area contributed by atoms with Gasteiger partial charge in [0.25, 0.3) is 0 Å². The van der Waals surface area contributed by atoms with Gasteiger partial charge in [0, 0.05) is 29.9 Å². The highest BCUT2D eigenvalue weighted by Gasteiger charge is 2.32. The average Bonchev–Trinajstić information content (AvgIpc) is 3.34. The zero-order valence-electron chi connectivity index (χ0n) is 15.6. The SMILES string of the molecule is COc1ccc(C[C@@H]2CCN(c3ccc(-c4cn[nH]c4)cc3)C2=O)c(C)c1. The van der Waals surface area contributed by atoms with E-state index in [2.05, 4.69) is 23.2 Å². The van der Waals surface area contributed by atoms with Gasteiger partial charge in [-0.2, -0.15) is 5.10 Å². The van der Waals surface area contributed by atoms with Crippen molar-refractivity contribution in [2.45, 2.75) is 19.8 Å². The van der Waals surface area contributed by atoms with Crippen LogP contribution in [0.25, 0.3) is 11.1 Å². The molecule has 1 amide bonds. The quantitative estimate of drug-likeness (QED) is 0.747. The van der Waals surface area contributed by atoms with Crippen molar-refractivity contribution in [3.63, 3.8) is 0 Å². The van der Waals surface area contributed by atoms with E-state index in [1.54, 1.807) is 13.3 Å². The zero-order chi connectivity index (χ0) is 18.8. The molecule has 1 atom stereocenters. The normalized spacial score (nSPS) is 16.7. The summed E-state index contributed by atoms with van der Waals surface area (Å²) in [5, 5.41) is 6.80. The third-order valence-corrected chi connectivity index (χ3v) is 5.34. The molecule has 1 aliphatic heterocycles. The van der Waals surface area contributed by atoms with Crippen LogP contribution in [0.5, 0.6) is 5.75 Å². The first-order chi connectivity index (χ1) is 13.2. The molecule has 0 bridgehead atoms. The minimum absolute atomic E-state index is 0.0330. The number of carbonyl (C=O) groups excluding carboxylic acids is 1. The largest absolute Gasteiger partial charge is 0.497 e. The lowest BCUT2D eigenvalue weighted by atomic mass is 9.95. The van der Waals surface area contributed by atoms with Crippen molar-refractivity contribution < 1.29 is 9.53 Å². The fourth-order valence-electron chi connectivity index (χ4n) is 3.72. The number of nitrogens with zero attached hydrogens (tertiary/aromatic N) is 2. The smallest absolute Gasteiger partial charge is 0.230 e. The number of H-pyrrole nitrogens is 1. The van der Waals surface area contributed by atoms with Crippen LogP contribution in [0.15, 0.2) is 54.9 Å². The molecular weight excluding hydrogens is 338 g/mol. The summed E-state index contributed by atoms with van der Waals surface area (Å²) in [5.74, 6) is 1.10. The van der Waals surface area contributed by atoms with E-state index in [1.165, 1.54) is 11.1 Å². The van der Waals surface area contributed by atoms with Crippen LogP contribution in [0.2, 0.25) is 0 Å². The number of hydrogen-bond donors (Lipinski definition) is 1. The second kappa shape index (κ2) is 7.27. The van der Waals surface area contributed by atoms with Crippen molar-refractivity contribution >= 4 is 11.6 Å². The van der Waals surface area contributed by atoms with Gasteiger partial charge in [0.15, 0.2) is 0 Å². The second-order valence-corrected chi connectivity index (χ2v) is 7.01. The van der Waals surface area contributed by atoms with Gasteiger partial charge in [-0.25, -0.2) is 0 Å². The Hall–Kier alpha value is -3.08. The molecule has 1 aromatic heterocycles. The van der Waals surface area contributed by atoms with E-state index in [-0.39, 0.29) is 11.8 Å². The molecule has 0 saturated carbocycles. The first-order valence-corrected chi connectivity index (χ1v) is 9.20. The number of aryl methyl sites for hydroxylation is 1. The van der Waals surface area contributed by atoms with Crippen molar-refractivity contribution in [2.24, 2.45) is 5.92 Å². The summed E-state index contributed by atoms with van der Waals surface area (Å²) in [7, 11) is 1.67. The number of aromatic amines is 1. The Labute approximate surface area is 159 Å². The van der Waals surface area contributed by atoms with Crippen LogP contribution in [0.4, 0.5) is 5.69 Å². The molecule has 0 radical (unpaired) electrons. The van der Waals surface area contributed by atoms with Gasteiger partial charge in [-0.1, -0.05) is 18.2 Å². The number of aromatic nitrogens is 2. The number of rotatable bonds is 5. The van der Waals surface area contributed by atoms with Gasteiger partial charge in [-0.15, -0.1) is 0 Å². The lowest BCUT2D eigenvalue weighted by Gasteiger charge is -2.18. The average molecular weight is 361 g/mol. The molecule has 1 aliphatic rings. The molecular formula is C22H23N3O2. The summed E-state index contributed by atoms with van der Waals surface area (Å²) >= 11 is 0. The molecule has 5 heteroatoms. The number of ether oxygens (including phenoxy) is 1. The first-order valence-electron chi connectivity index (χ1n) is 9.20. The Kier molecular flexibility index (Phi) is 4.67. The summed E-state index contributed by atoms with van der Waals surface area (Å²) in [6, 6.07) is 14.2. The fraction of sp³-hybridized carbons (Fsp3) is 0.273. The summed E-state index contributed by atoms with van der Waals surface area (Å²) in [6.07, 6.45) is 5.32. The second-order valence-electron chi connectivity index (χ2n) is 7.01. The molecule has 138 valence electrons. The van der Waals surface area contributed by atoms with Gasteiger partial charge in [0.2, 0.25) is 5.91 Å². The standard InChI is InChI=1S/C22H23N3O2/c1-15-11-21(27-2)8-5-17(15)12-18-9-10-25(22(18)26)20-6-3-16(4-7-20)19-13-23-24-14-19/h3-8,11,13-14,18H,9-10,12H2,1-2H3,(H,23,24)/t18-/m0/s1. The number of benzene rings is 2. The monoisotopic (exact) mass is 361 g/mol. The van der Waals surface area contributed by atoms with Crippen LogP contribution < -0.4 is 9.64 Å². The molecule has 0 unspecified atom stereocenters. The van der Waals surface area contributed by atoms with Crippen LogP contribution in [0.3, 0.4) is 0 Å². The van der Waals surface area contributed by atoms with Crippen molar-refractivity contribution in [3.05, 3.63) is 66.0 Å². The zero-order valence-corrected chi connectivity index (χ0v) is 15.6. The van der Waals surface area contributed by atoms with E-state index in [0.29, 0.717) is 0 Å². The summed E-state index contributed by atoms with van der Waals surface area (Å²) < 4.78 is 5.27. The van der Waals surface area contributed by atoms with Gasteiger partial charge in [-0.05, 0) is 60.7 Å². The molecule has 2 aromatic carbocycles. The lowest BCUT2D eigenvalue weighted by molar-refractivity contribution is -0.120. The molecule has 1 fully saturated rings. The number of methoxy groups -OCH3 is 1. The molecule has 1 N–H and O–H groups in total. The number of anilines is 1. The van der Waals surface area contributed by atoms with Crippen molar-refractivity contribution in [1.82, 2.24) is 10.2 Å². The topological polar surface area (TPSA) is 58.2 Å². The lowest BCUT2D eigenvalue weighted by Crippen LogP contribution is -2.27. The molecule has 5 nitrogen and oxygen atoms in total. The maximum atomic E-state index is 12.9. The van der Waals surface area contributed by atoms with E-state index in [9.17, 15) is 4.79 Å². The fourth-order valence-corrected chi connectivity index (χ4v) is 3.72. The van der Waals surface area contributed by atoms with Crippen molar-refractivity contribution in [2.75, 3.05) is 18.6 Å². The third kappa shape index (κ3) is 3.45. The Morgan fingerprint density at radius 2 is 2.00 bits per heavy atom. The van der Waals surface area contributed by atoms with Gasteiger partial charge in [0.05, 0.1) is 13.3 Å². The minimum atomic E-state index is 0.0330. The number of nitrogens with one attached hydrogen (secondary N) is 1. The molecule has 2 heterocycles. The molecule has 0 aliphatic carbocycles. The van der Waals surface area contributed by atoms with E-state index in [1.807, 2.05) is 47.5 Å². The molecule has 27 heavy (non-hydrogen) atoms. The summed E-state index contributed by atoms with van der Waals surface area (Å²) in [6.45, 7) is 2.84. The molecule has 4 rings (SSSR count). The predicted molar refractivity (Wildman–Crippen MR) is 106 cm³/mol. The van der Waals surface area contributed by atoms with Crippen LogP contribution in [0.1, 0.15) is 17.5 Å². The first kappa shape index (κ1) is 17.3. The summed E-state index contributed by atoms with van der Waals surface area (Å²) in [5.41, 5.74) is 5.48. The Morgan fingerprint density at radius 3 is 2.67 bits per heavy atom. The maximum absolute atomic E-state index is 12.9. The van der Waals surface area contributed by atoms with E-state index in [4.69, 9.17) is 4.74 Å². The molecule has 0 spiro atoms. The van der Waals surface area contributed by atoms with Crippen LogP contribution in [0, 0.1) is 12.8 Å². The Bertz CT molecular complexity index is 933. The third-order valence-electron chi connectivity index (χ3n) is 5.34. The molecule has 3 aromatic rings. The highest BCUT2D eigenvalue weighted by atomic mass is 16.5. The summed E-state index contributed by atoms with van der Waals surface area (Å²) in [4.78, 5) is 14.8. The van der Waals surface area contributed by atoms with Crippen molar-refractivity contribution in [1.29, 1.82) is 0 Å². The van der Waals surface area contributed by atoms with Crippen LogP contribution >= 0.6 is 0 Å². The van der Waals surface area contributed by atoms with Crippen LogP contribution in [-0.2, 0) is 11.2 Å². The van der Waals surface area contributed by atoms with Gasteiger partial charge in [-0.3, -0.25) is 9.89 Å². The van der Waals surface area contributed by atoms with E-state index < -0.39 is 0 Å². The van der Waals surface area contributed by atoms with Crippen molar-refractivity contribution in [3.8, 4) is 16.9 Å². The number of carbonyl (C=O) groups is 1. The highest BCUT2D eigenvalue weighted by Crippen LogP contribution is 2.30. The van der Waals surface area contributed by atoms with Gasteiger partial charge < -0.3 is 9.64 Å². The van der Waals surface area contributed by atoms with Gasteiger partial charge >= 0.3 is 0 Å². The Morgan fingerprint density at radius 1 is 1.19 bits per heavy atom. The van der Waals surface area contributed by atoms with Crippen LogP contribution in [-0.4, -0.2) is 29.8 Å². The predicted octanol–water partition coefficient (Wildman–Crippen LogP) is 3.99. The van der Waals surface area contributed by atoms with E-state index in [0.717, 1.165) is 42.0 Å². The molecule has 1 saturated heterocycles. The number of amides is 1. The van der Waals surface area contributed by atoms with Gasteiger partial charge in [0.1, 0.15) is 5.75 Å².